The highest BCUT2D eigenvalue weighted by Gasteiger charge is 2.29. The monoisotopic (exact) mass is 284 g/mol. The van der Waals surface area contributed by atoms with Crippen molar-refractivity contribution in [2.45, 2.75) is 57.5 Å². The highest BCUT2D eigenvalue weighted by Crippen LogP contribution is 2.22. The van der Waals surface area contributed by atoms with Crippen LogP contribution in [0.15, 0.2) is 0 Å². The number of nitrogens with one attached hydrogen (secondary N) is 1. The first kappa shape index (κ1) is 16.2. The van der Waals surface area contributed by atoms with Crippen LogP contribution in [0.1, 0.15) is 45.4 Å². The number of aliphatic hydroxyl groups is 1. The van der Waals surface area contributed by atoms with Crippen molar-refractivity contribution in [2.24, 2.45) is 5.92 Å². The van der Waals surface area contributed by atoms with Gasteiger partial charge in [-0.1, -0.05) is 19.8 Å². The fourth-order valence-electron chi connectivity index (χ4n) is 3.56. The molecule has 0 radical (unpaired) electrons. The molecule has 0 aromatic heterocycles. The SMILES string of the molecule is CCCNC1CCOCC1CN1CCCCCC1CO. The van der Waals surface area contributed by atoms with E-state index in [1.54, 1.807) is 0 Å². The molecule has 2 aliphatic rings. The number of rotatable bonds is 6. The van der Waals surface area contributed by atoms with Gasteiger partial charge in [-0.05, 0) is 38.8 Å². The Hall–Kier alpha value is -0.160. The largest absolute Gasteiger partial charge is 0.395 e. The second kappa shape index (κ2) is 8.98. The van der Waals surface area contributed by atoms with Crippen LogP contribution in [0.4, 0.5) is 0 Å². The standard InChI is InChI=1S/C16H32N2O2/c1-2-8-17-16-7-10-20-13-14(16)11-18-9-5-3-4-6-15(18)12-19/h14-17,19H,2-13H2,1H3. The van der Waals surface area contributed by atoms with Crippen molar-refractivity contribution in [1.29, 1.82) is 0 Å². The van der Waals surface area contributed by atoms with Crippen molar-refractivity contribution in [3.8, 4) is 0 Å². The summed E-state index contributed by atoms with van der Waals surface area (Å²) in [4.78, 5) is 2.52. The van der Waals surface area contributed by atoms with E-state index in [4.69, 9.17) is 4.74 Å². The van der Waals surface area contributed by atoms with Crippen LogP contribution in [0.2, 0.25) is 0 Å². The van der Waals surface area contributed by atoms with E-state index in [9.17, 15) is 5.11 Å². The number of hydrogen-bond donors (Lipinski definition) is 2. The second-order valence-electron chi connectivity index (χ2n) is 6.36. The van der Waals surface area contributed by atoms with Crippen LogP contribution in [0.5, 0.6) is 0 Å². The smallest absolute Gasteiger partial charge is 0.0586 e. The minimum Gasteiger partial charge on any atom is -0.395 e. The summed E-state index contributed by atoms with van der Waals surface area (Å²) in [6.07, 6.45) is 7.32. The van der Waals surface area contributed by atoms with Crippen LogP contribution in [-0.2, 0) is 4.74 Å². The van der Waals surface area contributed by atoms with Gasteiger partial charge in [-0.3, -0.25) is 4.90 Å². The fourth-order valence-corrected chi connectivity index (χ4v) is 3.56. The predicted octanol–water partition coefficient (Wildman–Crippen LogP) is 1.63. The summed E-state index contributed by atoms with van der Waals surface area (Å²) < 4.78 is 5.70. The molecule has 3 unspecified atom stereocenters. The maximum absolute atomic E-state index is 9.63. The topological polar surface area (TPSA) is 44.7 Å². The molecule has 2 rings (SSSR count). The minimum absolute atomic E-state index is 0.306. The summed E-state index contributed by atoms with van der Waals surface area (Å²) in [5, 5.41) is 13.3. The third-order valence-corrected chi connectivity index (χ3v) is 4.81. The summed E-state index contributed by atoms with van der Waals surface area (Å²) in [5.41, 5.74) is 0. The molecular formula is C16H32N2O2. The minimum atomic E-state index is 0.306. The summed E-state index contributed by atoms with van der Waals surface area (Å²) >= 11 is 0. The van der Waals surface area contributed by atoms with E-state index in [0.717, 1.165) is 45.7 Å². The van der Waals surface area contributed by atoms with E-state index in [2.05, 4.69) is 17.1 Å². The first-order valence-electron chi connectivity index (χ1n) is 8.51. The first-order chi connectivity index (χ1) is 9.85. The third kappa shape index (κ3) is 4.69. The lowest BCUT2D eigenvalue weighted by Gasteiger charge is -2.38. The van der Waals surface area contributed by atoms with E-state index in [-0.39, 0.29) is 0 Å². The van der Waals surface area contributed by atoms with Crippen LogP contribution in [0.3, 0.4) is 0 Å². The Bertz CT molecular complexity index is 263. The first-order valence-corrected chi connectivity index (χ1v) is 8.51. The van der Waals surface area contributed by atoms with E-state index >= 15 is 0 Å². The number of nitrogens with zero attached hydrogens (tertiary/aromatic N) is 1. The number of hydrogen-bond acceptors (Lipinski definition) is 4. The van der Waals surface area contributed by atoms with Gasteiger partial charge in [-0.15, -0.1) is 0 Å². The molecule has 0 saturated carbocycles. The van der Waals surface area contributed by atoms with Crippen LogP contribution in [0.25, 0.3) is 0 Å². The molecule has 2 fully saturated rings. The molecule has 2 saturated heterocycles. The van der Waals surface area contributed by atoms with Gasteiger partial charge in [0, 0.05) is 31.2 Å². The molecule has 2 aliphatic heterocycles. The van der Waals surface area contributed by atoms with E-state index in [1.807, 2.05) is 0 Å². The van der Waals surface area contributed by atoms with Crippen molar-refractivity contribution in [1.82, 2.24) is 10.2 Å². The molecule has 4 nitrogen and oxygen atoms in total. The zero-order chi connectivity index (χ0) is 14.2. The second-order valence-corrected chi connectivity index (χ2v) is 6.36. The normalized spacial score (nSPS) is 33.0. The van der Waals surface area contributed by atoms with Crippen LogP contribution in [-0.4, -0.2) is 61.5 Å². The van der Waals surface area contributed by atoms with Gasteiger partial charge in [-0.25, -0.2) is 0 Å². The third-order valence-electron chi connectivity index (χ3n) is 4.81. The van der Waals surface area contributed by atoms with E-state index in [1.165, 1.54) is 25.7 Å². The van der Waals surface area contributed by atoms with Gasteiger partial charge in [0.15, 0.2) is 0 Å². The molecule has 4 heteroatoms. The molecule has 0 aliphatic carbocycles. The molecule has 0 spiro atoms. The Morgan fingerprint density at radius 3 is 2.95 bits per heavy atom. The van der Waals surface area contributed by atoms with Crippen molar-refractivity contribution in [2.75, 3.05) is 39.5 Å². The Kier molecular flexibility index (Phi) is 7.28. The van der Waals surface area contributed by atoms with Gasteiger partial charge >= 0.3 is 0 Å². The van der Waals surface area contributed by atoms with Crippen molar-refractivity contribution < 1.29 is 9.84 Å². The van der Waals surface area contributed by atoms with E-state index in [0.29, 0.717) is 24.6 Å². The lowest BCUT2D eigenvalue weighted by molar-refractivity contribution is 0.00509. The Morgan fingerprint density at radius 2 is 2.15 bits per heavy atom. The molecule has 0 bridgehead atoms. The van der Waals surface area contributed by atoms with Gasteiger partial charge in [0.25, 0.3) is 0 Å². The Morgan fingerprint density at radius 1 is 1.25 bits per heavy atom. The molecule has 0 aromatic carbocycles. The van der Waals surface area contributed by atoms with Crippen molar-refractivity contribution in [3.05, 3.63) is 0 Å². The molecular weight excluding hydrogens is 252 g/mol. The average molecular weight is 284 g/mol. The lowest BCUT2D eigenvalue weighted by atomic mass is 9.94. The van der Waals surface area contributed by atoms with Crippen molar-refractivity contribution in [3.63, 3.8) is 0 Å². The number of aliphatic hydroxyl groups excluding tert-OH is 1. The molecule has 2 heterocycles. The van der Waals surface area contributed by atoms with Gasteiger partial charge in [0.1, 0.15) is 0 Å². The molecule has 20 heavy (non-hydrogen) atoms. The fraction of sp³-hybridized carbons (Fsp3) is 1.00. The van der Waals surface area contributed by atoms with Gasteiger partial charge in [0.2, 0.25) is 0 Å². The summed E-state index contributed by atoms with van der Waals surface area (Å²) in [7, 11) is 0. The average Bonchev–Trinajstić information content (AvgIpc) is 2.71. The molecule has 3 atom stereocenters. The molecule has 0 amide bonds. The van der Waals surface area contributed by atoms with Crippen molar-refractivity contribution >= 4 is 0 Å². The predicted molar refractivity (Wildman–Crippen MR) is 81.9 cm³/mol. The molecule has 0 aromatic rings. The van der Waals surface area contributed by atoms with E-state index < -0.39 is 0 Å². The Labute approximate surface area is 123 Å². The van der Waals surface area contributed by atoms with Gasteiger partial charge in [0.05, 0.1) is 13.2 Å². The summed E-state index contributed by atoms with van der Waals surface area (Å²) in [6.45, 7) is 7.61. The maximum Gasteiger partial charge on any atom is 0.0586 e. The zero-order valence-electron chi connectivity index (χ0n) is 13.0. The highest BCUT2D eigenvalue weighted by molar-refractivity contribution is 4.85. The van der Waals surface area contributed by atoms with Crippen LogP contribution >= 0.6 is 0 Å². The highest BCUT2D eigenvalue weighted by atomic mass is 16.5. The number of ether oxygens (including phenoxy) is 1. The van der Waals surface area contributed by atoms with Gasteiger partial charge in [-0.2, -0.15) is 0 Å². The quantitative estimate of drug-likeness (QED) is 0.778. The summed E-state index contributed by atoms with van der Waals surface area (Å²) in [6, 6.07) is 0.956. The molecule has 118 valence electrons. The van der Waals surface area contributed by atoms with Gasteiger partial charge < -0.3 is 15.2 Å². The number of likely N-dealkylation sites (tertiary alicyclic amines) is 1. The maximum atomic E-state index is 9.63. The van der Waals surface area contributed by atoms with Crippen LogP contribution in [0, 0.1) is 5.92 Å². The Balaban J connectivity index is 1.90. The summed E-state index contributed by atoms with van der Waals surface area (Å²) in [5.74, 6) is 0.572. The lowest BCUT2D eigenvalue weighted by Crippen LogP contribution is -2.50. The van der Waals surface area contributed by atoms with Crippen LogP contribution < -0.4 is 5.32 Å². The molecule has 2 N–H and O–H groups in total. The zero-order valence-corrected chi connectivity index (χ0v) is 13.0.